The molecule has 0 aliphatic rings. The molecule has 0 amide bonds. The first-order chi connectivity index (χ1) is 7.27. The molecule has 0 atom stereocenters. The third kappa shape index (κ3) is 25.7. The zero-order valence-corrected chi connectivity index (χ0v) is 11.0. The van der Waals surface area contributed by atoms with Gasteiger partial charge in [0.05, 0.1) is 5.75 Å². The van der Waals surface area contributed by atoms with Crippen LogP contribution >= 0.6 is 0 Å². The molecule has 0 saturated carbocycles. The first-order valence-electron chi connectivity index (χ1n) is 3.88. The molecule has 0 rings (SSSR count). The lowest BCUT2D eigenvalue weighted by molar-refractivity contribution is 0.344. The predicted octanol–water partition coefficient (Wildman–Crippen LogP) is -0.717. The minimum absolute atomic E-state index is 0.108. The molecule has 3 N–H and O–H groups in total. The molecule has 17 heavy (non-hydrogen) atoms. The van der Waals surface area contributed by atoms with E-state index in [9.17, 15) is 25.3 Å². The molecule has 0 saturated heterocycles. The van der Waals surface area contributed by atoms with Gasteiger partial charge < -0.3 is 0 Å². The molecule has 0 fully saturated rings. The summed E-state index contributed by atoms with van der Waals surface area (Å²) in [4.78, 5) is 0. The molecule has 106 valence electrons. The van der Waals surface area contributed by atoms with Gasteiger partial charge >= 0.3 is 20.8 Å². The van der Waals surface area contributed by atoms with Crippen molar-refractivity contribution in [3.63, 3.8) is 0 Å². The Kier molecular flexibility index (Phi) is 8.06. The van der Waals surface area contributed by atoms with E-state index in [0.29, 0.717) is 6.42 Å². The van der Waals surface area contributed by atoms with Crippen molar-refractivity contribution in [2.45, 2.75) is 19.8 Å². The Morgan fingerprint density at radius 1 is 0.882 bits per heavy atom. The molecule has 0 aliphatic carbocycles. The number of unbranched alkanes of at least 4 members (excludes halogenated alkanes) is 1. The predicted molar refractivity (Wildman–Crippen MR) is 55.5 cm³/mol. The first-order valence-corrected chi connectivity index (χ1v) is 8.22. The van der Waals surface area contributed by atoms with Crippen LogP contribution in [0.25, 0.3) is 0 Å². The molecule has 0 radical (unpaired) electrons. The third-order valence-corrected chi connectivity index (χ3v) is 3.11. The lowest BCUT2D eigenvalue weighted by Crippen LogP contribution is -2.10. The Morgan fingerprint density at radius 3 is 1.29 bits per heavy atom. The van der Waals surface area contributed by atoms with Crippen molar-refractivity contribution in [1.29, 1.82) is 0 Å². The van der Waals surface area contributed by atoms with Gasteiger partial charge in [-0.2, -0.15) is 25.3 Å². The highest BCUT2D eigenvalue weighted by atomic mass is 32.3. The second-order valence-corrected chi connectivity index (χ2v) is 6.39. The lowest BCUT2D eigenvalue weighted by atomic mass is 10.4. The van der Waals surface area contributed by atoms with Gasteiger partial charge in [0, 0.05) is 0 Å². The zero-order valence-electron chi connectivity index (χ0n) is 8.55. The Hall–Kier alpha value is -0.310. The van der Waals surface area contributed by atoms with E-state index in [4.69, 9.17) is 13.7 Å². The summed E-state index contributed by atoms with van der Waals surface area (Å²) in [6.45, 7) is 1.87. The van der Waals surface area contributed by atoms with Gasteiger partial charge in [-0.15, -0.1) is 3.63 Å². The minimum Gasteiger partial charge on any atom is -0.286 e. The van der Waals surface area contributed by atoms with Gasteiger partial charge in [-0.3, -0.25) is 13.7 Å². The normalized spacial score (nSPS) is 12.7. The number of hydrogen-bond acceptors (Lipinski definition) is 7. The minimum atomic E-state index is -5.12. The Bertz CT molecular complexity index is 466. The summed E-state index contributed by atoms with van der Waals surface area (Å²) in [6.07, 6.45) is 1.33. The SMILES string of the molecule is CCCCS(=O)(=O)O.O=S(=O)(O)OS(=O)(=O)O. The maximum atomic E-state index is 9.95. The summed E-state index contributed by atoms with van der Waals surface area (Å²) in [6, 6.07) is 0. The van der Waals surface area contributed by atoms with Crippen LogP contribution in [0, 0.1) is 0 Å². The van der Waals surface area contributed by atoms with Crippen LogP contribution in [0.4, 0.5) is 0 Å². The Morgan fingerprint density at radius 2 is 1.24 bits per heavy atom. The van der Waals surface area contributed by atoms with Crippen molar-refractivity contribution < 1.29 is 42.5 Å². The quantitative estimate of drug-likeness (QED) is 0.549. The summed E-state index contributed by atoms with van der Waals surface area (Å²) in [5.74, 6) is -0.108. The van der Waals surface area contributed by atoms with Gasteiger partial charge in [0.15, 0.2) is 0 Å². The van der Waals surface area contributed by atoms with Crippen molar-refractivity contribution in [3.8, 4) is 0 Å². The molecular weight excluding hydrogens is 304 g/mol. The average molecular weight is 316 g/mol. The van der Waals surface area contributed by atoms with Crippen molar-refractivity contribution in [1.82, 2.24) is 0 Å². The number of rotatable bonds is 5. The molecule has 10 nitrogen and oxygen atoms in total. The highest BCUT2D eigenvalue weighted by Gasteiger charge is 2.15. The second-order valence-electron chi connectivity index (χ2n) is 2.56. The smallest absolute Gasteiger partial charge is 0.286 e. The molecule has 0 aromatic carbocycles. The van der Waals surface area contributed by atoms with Crippen LogP contribution in [-0.4, -0.2) is 44.7 Å². The van der Waals surface area contributed by atoms with Gasteiger partial charge in [-0.25, -0.2) is 0 Å². The van der Waals surface area contributed by atoms with Crippen LogP contribution in [0.3, 0.4) is 0 Å². The van der Waals surface area contributed by atoms with Crippen molar-refractivity contribution in [2.24, 2.45) is 0 Å². The molecule has 0 spiro atoms. The van der Waals surface area contributed by atoms with E-state index in [-0.39, 0.29) is 5.75 Å². The summed E-state index contributed by atoms with van der Waals surface area (Å²) in [5, 5.41) is 0. The molecular formula is C4H12O10S3. The molecule has 0 aromatic heterocycles. The fraction of sp³-hybridized carbons (Fsp3) is 1.00. The second kappa shape index (κ2) is 7.20. The largest absolute Gasteiger partial charge is 0.413 e. The molecule has 0 unspecified atom stereocenters. The lowest BCUT2D eigenvalue weighted by Gasteiger charge is -1.90. The maximum absolute atomic E-state index is 9.95. The van der Waals surface area contributed by atoms with Crippen molar-refractivity contribution >= 4 is 30.9 Å². The van der Waals surface area contributed by atoms with Gasteiger partial charge in [0.2, 0.25) is 0 Å². The van der Waals surface area contributed by atoms with E-state index < -0.39 is 30.9 Å². The maximum Gasteiger partial charge on any atom is 0.413 e. The van der Waals surface area contributed by atoms with Crippen LogP contribution in [-0.2, 0) is 34.5 Å². The van der Waals surface area contributed by atoms with Crippen LogP contribution in [0.15, 0.2) is 0 Å². The monoisotopic (exact) mass is 316 g/mol. The zero-order chi connectivity index (χ0) is 14.3. The highest BCUT2D eigenvalue weighted by Crippen LogP contribution is 1.92. The van der Waals surface area contributed by atoms with Crippen LogP contribution < -0.4 is 0 Å². The molecule has 0 aromatic rings. The van der Waals surface area contributed by atoms with Gasteiger partial charge in [0.25, 0.3) is 10.1 Å². The fourth-order valence-electron chi connectivity index (χ4n) is 0.435. The molecule has 0 heterocycles. The van der Waals surface area contributed by atoms with E-state index in [1.54, 1.807) is 0 Å². The topological polar surface area (TPSA) is 172 Å². The summed E-state index contributed by atoms with van der Waals surface area (Å²) in [7, 11) is -13.9. The van der Waals surface area contributed by atoms with E-state index in [1.807, 2.05) is 6.92 Å². The van der Waals surface area contributed by atoms with Crippen LogP contribution in [0.2, 0.25) is 0 Å². The van der Waals surface area contributed by atoms with Gasteiger partial charge in [-0.1, -0.05) is 13.3 Å². The third-order valence-electron chi connectivity index (χ3n) is 0.928. The highest BCUT2D eigenvalue weighted by molar-refractivity contribution is 7.94. The fourth-order valence-corrected chi connectivity index (χ4v) is 1.96. The first kappa shape index (κ1) is 19.0. The Balaban J connectivity index is 0. The van der Waals surface area contributed by atoms with E-state index in [2.05, 4.69) is 3.63 Å². The Labute approximate surface area is 99.3 Å². The van der Waals surface area contributed by atoms with Crippen molar-refractivity contribution in [2.75, 3.05) is 5.75 Å². The standard InChI is InChI=1S/C4H10O3S.H2O7S2/c1-2-3-4-8(5,6)7;1-8(2,3)7-9(4,5)6/h2-4H2,1H3,(H,5,6,7);(H,1,2,3)(H,4,5,6). The van der Waals surface area contributed by atoms with Gasteiger partial charge in [-0.05, 0) is 6.42 Å². The average Bonchev–Trinajstić information content (AvgIpc) is 1.93. The van der Waals surface area contributed by atoms with Gasteiger partial charge in [0.1, 0.15) is 0 Å². The summed E-state index contributed by atoms with van der Waals surface area (Å²) >= 11 is 0. The van der Waals surface area contributed by atoms with Crippen molar-refractivity contribution in [3.05, 3.63) is 0 Å². The summed E-state index contributed by atoms with van der Waals surface area (Å²) < 4.78 is 83.6. The number of hydrogen-bond donors (Lipinski definition) is 3. The van der Waals surface area contributed by atoms with Crippen LogP contribution in [0.1, 0.15) is 19.8 Å². The van der Waals surface area contributed by atoms with E-state index in [0.717, 1.165) is 6.42 Å². The van der Waals surface area contributed by atoms with Crippen LogP contribution in [0.5, 0.6) is 0 Å². The summed E-state index contributed by atoms with van der Waals surface area (Å²) in [5.41, 5.74) is 0. The van der Waals surface area contributed by atoms with E-state index in [1.165, 1.54) is 0 Å². The van der Waals surface area contributed by atoms with E-state index >= 15 is 0 Å². The molecule has 0 aliphatic heterocycles. The molecule has 0 bridgehead atoms. The molecule has 13 heteroatoms.